The lowest BCUT2D eigenvalue weighted by Gasteiger charge is -2.10. The van der Waals surface area contributed by atoms with Crippen LogP contribution in [0.4, 0.5) is 0 Å². The number of hydrogen-bond donors (Lipinski definition) is 1. The minimum Gasteiger partial charge on any atom is -0.497 e. The van der Waals surface area contributed by atoms with Gasteiger partial charge >= 0.3 is 0 Å². The highest BCUT2D eigenvalue weighted by molar-refractivity contribution is 6.07. The highest BCUT2D eigenvalue weighted by atomic mass is 16.5. The molecule has 29 heavy (non-hydrogen) atoms. The number of fused-ring (bicyclic) bond motifs is 1. The van der Waals surface area contributed by atoms with E-state index >= 15 is 0 Å². The number of pyridine rings is 1. The first-order chi connectivity index (χ1) is 14.0. The van der Waals surface area contributed by atoms with Crippen molar-refractivity contribution in [3.63, 3.8) is 0 Å². The molecule has 0 aliphatic heterocycles. The predicted molar refractivity (Wildman–Crippen MR) is 114 cm³/mol. The van der Waals surface area contributed by atoms with E-state index in [2.05, 4.69) is 10.4 Å². The summed E-state index contributed by atoms with van der Waals surface area (Å²) >= 11 is 0. The quantitative estimate of drug-likeness (QED) is 0.574. The van der Waals surface area contributed by atoms with Gasteiger partial charge in [-0.1, -0.05) is 11.6 Å². The lowest BCUT2D eigenvalue weighted by molar-refractivity contribution is 0.0964. The first-order valence-corrected chi connectivity index (χ1v) is 9.34. The maximum atomic E-state index is 12.5. The lowest BCUT2D eigenvalue weighted by Crippen LogP contribution is -2.18. The monoisotopic (exact) mass is 386 g/mol. The molecule has 0 saturated carbocycles. The Balaban J connectivity index is 1.85. The van der Waals surface area contributed by atoms with Crippen LogP contribution in [0.15, 0.2) is 54.7 Å². The molecule has 0 bridgehead atoms. The molecule has 1 amide bonds. The summed E-state index contributed by atoms with van der Waals surface area (Å²) in [4.78, 5) is 17.3. The first-order valence-electron chi connectivity index (χ1n) is 9.34. The van der Waals surface area contributed by atoms with E-state index < -0.39 is 0 Å². The van der Waals surface area contributed by atoms with Crippen LogP contribution >= 0.6 is 0 Å². The maximum Gasteiger partial charge on any atom is 0.251 e. The molecule has 0 radical (unpaired) electrons. The van der Waals surface area contributed by atoms with E-state index in [9.17, 15) is 4.79 Å². The fourth-order valence-electron chi connectivity index (χ4n) is 3.44. The molecule has 0 atom stereocenters. The number of methoxy groups -OCH3 is 1. The summed E-state index contributed by atoms with van der Waals surface area (Å²) < 4.78 is 7.08. The Hall–Kier alpha value is -3.67. The van der Waals surface area contributed by atoms with Crippen molar-refractivity contribution in [1.82, 2.24) is 20.1 Å². The van der Waals surface area contributed by atoms with Crippen molar-refractivity contribution >= 4 is 16.8 Å². The van der Waals surface area contributed by atoms with Crippen LogP contribution in [0, 0.1) is 13.8 Å². The van der Waals surface area contributed by atoms with Gasteiger partial charge < -0.3 is 10.1 Å². The fraction of sp³-hybridized carbons (Fsp3) is 0.174. The molecule has 0 aliphatic carbocycles. The number of nitrogens with zero attached hydrogens (tertiary/aromatic N) is 3. The molecule has 6 nitrogen and oxygen atoms in total. The van der Waals surface area contributed by atoms with E-state index in [0.717, 1.165) is 44.9 Å². The molecular formula is C23H22N4O2. The molecule has 4 aromatic rings. The Bertz CT molecular complexity index is 1210. The maximum absolute atomic E-state index is 12.5. The molecule has 0 spiro atoms. The first kappa shape index (κ1) is 18.7. The molecule has 0 saturated heterocycles. The van der Waals surface area contributed by atoms with Gasteiger partial charge in [-0.15, -0.1) is 0 Å². The third kappa shape index (κ3) is 3.33. The van der Waals surface area contributed by atoms with E-state index in [1.165, 1.54) is 0 Å². The van der Waals surface area contributed by atoms with Crippen LogP contribution in [-0.2, 0) is 0 Å². The molecular weight excluding hydrogens is 364 g/mol. The highest BCUT2D eigenvalue weighted by Gasteiger charge is 2.17. The zero-order chi connectivity index (χ0) is 20.5. The van der Waals surface area contributed by atoms with E-state index in [1.807, 2.05) is 67.1 Å². The van der Waals surface area contributed by atoms with Gasteiger partial charge in [0.25, 0.3) is 5.91 Å². The zero-order valence-electron chi connectivity index (χ0n) is 16.9. The molecule has 0 aliphatic rings. The van der Waals surface area contributed by atoms with Crippen molar-refractivity contribution in [2.45, 2.75) is 13.8 Å². The number of amides is 1. The van der Waals surface area contributed by atoms with Crippen LogP contribution < -0.4 is 10.1 Å². The Kier molecular flexibility index (Phi) is 4.76. The van der Waals surface area contributed by atoms with Crippen molar-refractivity contribution in [3.05, 3.63) is 71.5 Å². The third-order valence-electron chi connectivity index (χ3n) is 5.04. The topological polar surface area (TPSA) is 69.0 Å². The molecule has 2 heterocycles. The van der Waals surface area contributed by atoms with E-state index in [0.29, 0.717) is 5.56 Å². The third-order valence-corrected chi connectivity index (χ3v) is 5.04. The minimum atomic E-state index is -0.135. The van der Waals surface area contributed by atoms with Crippen molar-refractivity contribution in [1.29, 1.82) is 0 Å². The number of nitrogens with one attached hydrogen (secondary N) is 1. The normalized spacial score (nSPS) is 10.9. The van der Waals surface area contributed by atoms with E-state index in [4.69, 9.17) is 9.72 Å². The highest BCUT2D eigenvalue weighted by Crippen LogP contribution is 2.29. The summed E-state index contributed by atoms with van der Waals surface area (Å²) in [5, 5.41) is 8.11. The van der Waals surface area contributed by atoms with E-state index in [1.54, 1.807) is 20.4 Å². The SMILES string of the molecule is CNC(=O)c1cc(-c2cnn(-c3ccc(OC)cc3)c2C)nc2ccc(C)cc12. The van der Waals surface area contributed by atoms with Gasteiger partial charge in [0.05, 0.1) is 41.5 Å². The van der Waals surface area contributed by atoms with Gasteiger partial charge in [0.2, 0.25) is 0 Å². The van der Waals surface area contributed by atoms with E-state index in [-0.39, 0.29) is 5.91 Å². The van der Waals surface area contributed by atoms with Crippen molar-refractivity contribution in [3.8, 4) is 22.7 Å². The fourth-order valence-corrected chi connectivity index (χ4v) is 3.44. The van der Waals surface area contributed by atoms with Gasteiger partial charge in [0, 0.05) is 18.0 Å². The molecule has 2 aromatic carbocycles. The number of hydrogen-bond acceptors (Lipinski definition) is 4. The second-order valence-corrected chi connectivity index (χ2v) is 6.91. The smallest absolute Gasteiger partial charge is 0.251 e. The number of aromatic nitrogens is 3. The molecule has 1 N–H and O–H groups in total. The molecule has 6 heteroatoms. The van der Waals surface area contributed by atoms with Gasteiger partial charge in [0.15, 0.2) is 0 Å². The summed E-state index contributed by atoms with van der Waals surface area (Å²) in [5.74, 6) is 0.657. The average Bonchev–Trinajstić information content (AvgIpc) is 3.13. The van der Waals surface area contributed by atoms with Crippen molar-refractivity contribution in [2.75, 3.05) is 14.2 Å². The summed E-state index contributed by atoms with van der Waals surface area (Å²) in [7, 11) is 3.28. The minimum absolute atomic E-state index is 0.135. The Labute approximate surface area is 169 Å². The number of benzene rings is 2. The second kappa shape index (κ2) is 7.39. The number of carbonyl (C=O) groups excluding carboxylic acids is 1. The Morgan fingerprint density at radius 2 is 1.83 bits per heavy atom. The number of ether oxygens (including phenoxy) is 1. The molecule has 2 aromatic heterocycles. The molecule has 0 fully saturated rings. The van der Waals surface area contributed by atoms with Crippen molar-refractivity contribution < 1.29 is 9.53 Å². The summed E-state index contributed by atoms with van der Waals surface area (Å²) in [6, 6.07) is 15.5. The average molecular weight is 386 g/mol. The summed E-state index contributed by atoms with van der Waals surface area (Å²) in [6.45, 7) is 4.00. The summed E-state index contributed by atoms with van der Waals surface area (Å²) in [6.07, 6.45) is 1.79. The number of rotatable bonds is 4. The van der Waals surface area contributed by atoms with Crippen LogP contribution in [-0.4, -0.2) is 34.8 Å². The van der Waals surface area contributed by atoms with Crippen LogP contribution in [0.25, 0.3) is 27.8 Å². The van der Waals surface area contributed by atoms with Crippen molar-refractivity contribution in [2.24, 2.45) is 0 Å². The van der Waals surface area contributed by atoms with Crippen LogP contribution in [0.2, 0.25) is 0 Å². The standard InChI is InChI=1S/C23H22N4O2/c1-14-5-10-21-18(11-14)19(23(28)24-3)12-22(26-21)20-13-25-27(15(20)2)16-6-8-17(29-4)9-7-16/h5-13H,1-4H3,(H,24,28). The van der Waals surface area contributed by atoms with Crippen LogP contribution in [0.1, 0.15) is 21.6 Å². The van der Waals surface area contributed by atoms with Gasteiger partial charge in [-0.3, -0.25) is 4.79 Å². The van der Waals surface area contributed by atoms with Gasteiger partial charge in [-0.05, 0) is 56.3 Å². The lowest BCUT2D eigenvalue weighted by atomic mass is 10.0. The number of aryl methyl sites for hydroxylation is 1. The van der Waals surface area contributed by atoms with Gasteiger partial charge in [-0.25, -0.2) is 9.67 Å². The molecule has 4 rings (SSSR count). The Morgan fingerprint density at radius 3 is 2.52 bits per heavy atom. The van der Waals surface area contributed by atoms with Gasteiger partial charge in [-0.2, -0.15) is 5.10 Å². The number of carbonyl (C=O) groups is 1. The largest absolute Gasteiger partial charge is 0.497 e. The summed E-state index contributed by atoms with van der Waals surface area (Å²) in [5.41, 5.74) is 5.94. The van der Waals surface area contributed by atoms with Crippen LogP contribution in [0.5, 0.6) is 5.75 Å². The Morgan fingerprint density at radius 1 is 1.07 bits per heavy atom. The molecule has 146 valence electrons. The zero-order valence-corrected chi connectivity index (χ0v) is 16.9. The second-order valence-electron chi connectivity index (χ2n) is 6.91. The van der Waals surface area contributed by atoms with Crippen LogP contribution in [0.3, 0.4) is 0 Å². The predicted octanol–water partition coefficient (Wildman–Crippen LogP) is 4.07. The molecule has 0 unspecified atom stereocenters. The van der Waals surface area contributed by atoms with Gasteiger partial charge in [0.1, 0.15) is 5.75 Å².